The van der Waals surface area contributed by atoms with Gasteiger partial charge in [-0.05, 0) is 38.0 Å². The predicted molar refractivity (Wildman–Crippen MR) is 119 cm³/mol. The largest absolute Gasteiger partial charge is 0.457 e. The fraction of sp³-hybridized carbons (Fsp3) is 0.280. The van der Waals surface area contributed by atoms with E-state index in [-0.39, 0.29) is 18.6 Å². The third-order valence-electron chi connectivity index (χ3n) is 5.05. The molecule has 160 valence electrons. The van der Waals surface area contributed by atoms with Crippen molar-refractivity contribution in [1.29, 1.82) is 0 Å². The zero-order chi connectivity index (χ0) is 22.0. The molecule has 0 amide bonds. The van der Waals surface area contributed by atoms with Crippen LogP contribution in [0, 0.1) is 0 Å². The van der Waals surface area contributed by atoms with E-state index in [1.807, 2.05) is 81.4 Å². The number of para-hydroxylation sites is 1. The van der Waals surface area contributed by atoms with Gasteiger partial charge in [0, 0.05) is 18.1 Å². The fourth-order valence-electron chi connectivity index (χ4n) is 3.70. The van der Waals surface area contributed by atoms with E-state index in [9.17, 15) is 9.59 Å². The molecule has 1 unspecified atom stereocenters. The van der Waals surface area contributed by atoms with Gasteiger partial charge in [0.25, 0.3) is 0 Å². The van der Waals surface area contributed by atoms with Crippen molar-refractivity contribution in [3.05, 3.63) is 83.6 Å². The van der Waals surface area contributed by atoms with E-state index in [1.54, 1.807) is 6.20 Å². The maximum absolute atomic E-state index is 12.8. The molecule has 6 heteroatoms. The van der Waals surface area contributed by atoms with Gasteiger partial charge in [-0.1, -0.05) is 54.6 Å². The minimum absolute atomic E-state index is 0.212. The fourth-order valence-corrected chi connectivity index (χ4v) is 3.70. The lowest BCUT2D eigenvalue weighted by atomic mass is 10.0. The van der Waals surface area contributed by atoms with Crippen LogP contribution in [0.3, 0.4) is 0 Å². The van der Waals surface area contributed by atoms with Gasteiger partial charge >= 0.3 is 12.1 Å². The van der Waals surface area contributed by atoms with Gasteiger partial charge in [-0.25, -0.2) is 9.59 Å². The Morgan fingerprint density at radius 1 is 1.06 bits per heavy atom. The topological polar surface area (TPSA) is 69.6 Å². The lowest BCUT2D eigenvalue weighted by Gasteiger charge is -2.19. The van der Waals surface area contributed by atoms with Crippen LogP contribution in [0.25, 0.3) is 10.9 Å². The van der Waals surface area contributed by atoms with Gasteiger partial charge < -0.3 is 14.8 Å². The highest BCUT2D eigenvalue weighted by Crippen LogP contribution is 2.34. The monoisotopic (exact) mass is 418 g/mol. The van der Waals surface area contributed by atoms with Crippen LogP contribution in [0.4, 0.5) is 4.79 Å². The molecule has 1 atom stereocenters. The summed E-state index contributed by atoms with van der Waals surface area (Å²) in [4.78, 5) is 25.6. The molecule has 1 aliphatic heterocycles. The molecule has 0 radical (unpaired) electrons. The van der Waals surface area contributed by atoms with Crippen LogP contribution < -0.4 is 5.32 Å². The first kappa shape index (κ1) is 20.9. The van der Waals surface area contributed by atoms with Gasteiger partial charge in [-0.3, -0.25) is 4.57 Å². The number of rotatable bonds is 4. The minimum Gasteiger partial charge on any atom is -0.457 e. The Balaban J connectivity index is 1.61. The van der Waals surface area contributed by atoms with Crippen LogP contribution in [-0.4, -0.2) is 28.8 Å². The number of aromatic nitrogens is 1. The molecule has 4 rings (SSSR count). The first-order valence-electron chi connectivity index (χ1n) is 10.3. The lowest BCUT2D eigenvalue weighted by molar-refractivity contribution is -0.140. The molecule has 2 heterocycles. The van der Waals surface area contributed by atoms with E-state index >= 15 is 0 Å². The highest BCUT2D eigenvalue weighted by Gasteiger charge is 2.31. The number of benzene rings is 2. The van der Waals surface area contributed by atoms with Crippen LogP contribution in [0.15, 0.2) is 72.4 Å². The van der Waals surface area contributed by atoms with Crippen molar-refractivity contribution >= 4 is 23.0 Å². The Morgan fingerprint density at radius 2 is 1.77 bits per heavy atom. The maximum atomic E-state index is 12.8. The van der Waals surface area contributed by atoms with E-state index in [1.165, 1.54) is 4.57 Å². The first-order chi connectivity index (χ1) is 14.8. The number of nitrogens with zero attached hydrogens (tertiary/aromatic N) is 1. The summed E-state index contributed by atoms with van der Waals surface area (Å²) in [6, 6.07) is 16.8. The SMILES string of the molecule is CC(C)(C)OC(=O)n1cc(C2NCC=C2C(=O)OCc2ccccc2)c2ccccc21. The number of hydrogen-bond donors (Lipinski definition) is 1. The molecule has 2 aromatic carbocycles. The molecule has 6 nitrogen and oxygen atoms in total. The highest BCUT2D eigenvalue weighted by molar-refractivity contribution is 5.96. The van der Waals surface area contributed by atoms with Gasteiger partial charge in [0.05, 0.1) is 17.1 Å². The van der Waals surface area contributed by atoms with Gasteiger partial charge in [-0.15, -0.1) is 0 Å². The Hall–Kier alpha value is -3.38. The van der Waals surface area contributed by atoms with Crippen molar-refractivity contribution < 1.29 is 19.1 Å². The zero-order valence-electron chi connectivity index (χ0n) is 17.9. The van der Waals surface area contributed by atoms with E-state index in [0.717, 1.165) is 22.0 Å². The number of esters is 1. The molecule has 31 heavy (non-hydrogen) atoms. The molecule has 1 aliphatic rings. The Bertz CT molecular complexity index is 1140. The second-order valence-electron chi connectivity index (χ2n) is 8.51. The predicted octanol–water partition coefficient (Wildman–Crippen LogP) is 4.74. The normalized spacial score (nSPS) is 16.2. The van der Waals surface area contributed by atoms with Crippen molar-refractivity contribution in [2.24, 2.45) is 0 Å². The van der Waals surface area contributed by atoms with Crippen molar-refractivity contribution in [3.63, 3.8) is 0 Å². The third-order valence-corrected chi connectivity index (χ3v) is 5.05. The maximum Gasteiger partial charge on any atom is 0.419 e. The van der Waals surface area contributed by atoms with Gasteiger partial charge in [0.2, 0.25) is 0 Å². The van der Waals surface area contributed by atoms with Crippen molar-refractivity contribution in [2.75, 3.05) is 6.54 Å². The average molecular weight is 418 g/mol. The molecule has 0 aliphatic carbocycles. The van der Waals surface area contributed by atoms with Crippen molar-refractivity contribution in [1.82, 2.24) is 9.88 Å². The number of carbonyl (C=O) groups is 2. The van der Waals surface area contributed by atoms with Crippen LogP contribution >= 0.6 is 0 Å². The van der Waals surface area contributed by atoms with E-state index in [4.69, 9.17) is 9.47 Å². The Kier molecular flexibility index (Phi) is 5.65. The molecule has 0 spiro atoms. The molecule has 1 aromatic heterocycles. The summed E-state index contributed by atoms with van der Waals surface area (Å²) in [6.45, 7) is 6.26. The number of hydrogen-bond acceptors (Lipinski definition) is 5. The summed E-state index contributed by atoms with van der Waals surface area (Å²) in [5.74, 6) is -0.368. The molecule has 0 saturated heterocycles. The van der Waals surface area contributed by atoms with Crippen LogP contribution in [-0.2, 0) is 20.9 Å². The molecule has 0 fully saturated rings. The molecular weight excluding hydrogens is 392 g/mol. The van der Waals surface area contributed by atoms with Gasteiger partial charge in [0.15, 0.2) is 0 Å². The lowest BCUT2D eigenvalue weighted by Crippen LogP contribution is -2.27. The average Bonchev–Trinajstić information content (AvgIpc) is 3.36. The molecule has 0 saturated carbocycles. The molecular formula is C25H26N2O4. The summed E-state index contributed by atoms with van der Waals surface area (Å²) in [6.07, 6.45) is 3.14. The molecule has 3 aromatic rings. The van der Waals surface area contributed by atoms with Crippen LogP contribution in [0.5, 0.6) is 0 Å². The summed E-state index contributed by atoms with van der Waals surface area (Å²) in [5.41, 5.74) is 2.43. The van der Waals surface area contributed by atoms with E-state index in [2.05, 4.69) is 5.32 Å². The van der Waals surface area contributed by atoms with Crippen LogP contribution in [0.1, 0.15) is 37.9 Å². The third kappa shape index (κ3) is 4.54. The van der Waals surface area contributed by atoms with Gasteiger partial charge in [-0.2, -0.15) is 0 Å². The zero-order valence-corrected chi connectivity index (χ0v) is 17.9. The summed E-state index contributed by atoms with van der Waals surface area (Å²) < 4.78 is 12.6. The number of carbonyl (C=O) groups excluding carboxylic acids is 2. The van der Waals surface area contributed by atoms with E-state index in [0.29, 0.717) is 12.1 Å². The Morgan fingerprint density at radius 3 is 2.52 bits per heavy atom. The second kappa shape index (κ2) is 8.40. The van der Waals surface area contributed by atoms with Gasteiger partial charge in [0.1, 0.15) is 12.2 Å². The minimum atomic E-state index is -0.611. The van der Waals surface area contributed by atoms with E-state index < -0.39 is 11.7 Å². The quantitative estimate of drug-likeness (QED) is 0.620. The summed E-state index contributed by atoms with van der Waals surface area (Å²) in [5, 5.41) is 4.22. The molecule has 0 bridgehead atoms. The number of ether oxygens (including phenoxy) is 2. The highest BCUT2D eigenvalue weighted by atomic mass is 16.6. The standard InChI is InChI=1S/C25H26N2O4/c1-25(2,3)31-24(29)27-15-20(18-11-7-8-12-21(18)27)22-19(13-14-26-22)23(28)30-16-17-9-5-4-6-10-17/h4-13,15,22,26H,14,16H2,1-3H3. The molecule has 1 N–H and O–H groups in total. The smallest absolute Gasteiger partial charge is 0.419 e. The first-order valence-corrected chi connectivity index (χ1v) is 10.3. The van der Waals surface area contributed by atoms with Crippen LogP contribution in [0.2, 0.25) is 0 Å². The van der Waals surface area contributed by atoms with Crippen molar-refractivity contribution in [2.45, 2.75) is 39.0 Å². The second-order valence-corrected chi connectivity index (χ2v) is 8.51. The van der Waals surface area contributed by atoms with Crippen molar-refractivity contribution in [3.8, 4) is 0 Å². The number of fused-ring (bicyclic) bond motifs is 1. The summed E-state index contributed by atoms with van der Waals surface area (Å²) in [7, 11) is 0. The number of nitrogens with one attached hydrogen (secondary N) is 1. The Labute approximate surface area is 181 Å². The summed E-state index contributed by atoms with van der Waals surface area (Å²) >= 11 is 0.